The van der Waals surface area contributed by atoms with Crippen molar-refractivity contribution in [2.75, 3.05) is 24.5 Å². The van der Waals surface area contributed by atoms with Crippen molar-refractivity contribution < 1.29 is 9.90 Å². The Balaban J connectivity index is 1.30. The number of nitrogens with zero attached hydrogens (tertiary/aromatic N) is 3. The molecule has 1 fully saturated rings. The van der Waals surface area contributed by atoms with Gasteiger partial charge in [-0.05, 0) is 62.1 Å². The Morgan fingerprint density at radius 3 is 2.93 bits per heavy atom. The van der Waals surface area contributed by atoms with Gasteiger partial charge >= 0.3 is 0 Å². The van der Waals surface area contributed by atoms with Gasteiger partial charge in [0.15, 0.2) is 0 Å². The first-order valence-electron chi connectivity index (χ1n) is 10.5. The number of nitrogens with one attached hydrogen (secondary N) is 2. The van der Waals surface area contributed by atoms with E-state index in [0.29, 0.717) is 25.8 Å². The van der Waals surface area contributed by atoms with Crippen LogP contribution in [0.25, 0.3) is 11.0 Å². The molecular weight excluding hydrogens is 378 g/mol. The van der Waals surface area contributed by atoms with Crippen LogP contribution in [0, 0.1) is 13.8 Å². The van der Waals surface area contributed by atoms with Crippen molar-refractivity contribution in [2.24, 2.45) is 0 Å². The maximum atomic E-state index is 12.4. The number of carbonyl (C=O) groups is 1. The lowest BCUT2D eigenvalue weighted by atomic mass is 9.92. The summed E-state index contributed by atoms with van der Waals surface area (Å²) in [7, 11) is 0. The van der Waals surface area contributed by atoms with E-state index in [4.69, 9.17) is 0 Å². The molecule has 3 heterocycles. The van der Waals surface area contributed by atoms with Gasteiger partial charge in [-0.25, -0.2) is 9.97 Å². The predicted molar refractivity (Wildman–Crippen MR) is 118 cm³/mol. The normalized spacial score (nSPS) is 19.2. The number of aromatic nitrogens is 3. The smallest absolute Gasteiger partial charge is 0.220 e. The highest BCUT2D eigenvalue weighted by Crippen LogP contribution is 2.24. The Morgan fingerprint density at radius 1 is 1.30 bits per heavy atom. The summed E-state index contributed by atoms with van der Waals surface area (Å²) < 4.78 is 0. The molecule has 158 valence electrons. The lowest BCUT2D eigenvalue weighted by Gasteiger charge is -2.39. The summed E-state index contributed by atoms with van der Waals surface area (Å²) in [6.07, 6.45) is 4.15. The van der Waals surface area contributed by atoms with Crippen LogP contribution < -0.4 is 10.2 Å². The van der Waals surface area contributed by atoms with Crippen molar-refractivity contribution in [2.45, 2.75) is 45.1 Å². The van der Waals surface area contributed by atoms with E-state index in [1.165, 1.54) is 11.1 Å². The fourth-order valence-corrected chi connectivity index (χ4v) is 4.02. The second kappa shape index (κ2) is 8.44. The zero-order valence-corrected chi connectivity index (χ0v) is 17.6. The molecule has 3 N–H and O–H groups in total. The van der Waals surface area contributed by atoms with E-state index in [1.807, 2.05) is 18.2 Å². The number of pyridine rings is 1. The molecule has 0 radical (unpaired) electrons. The van der Waals surface area contributed by atoms with Gasteiger partial charge in [0.25, 0.3) is 0 Å². The monoisotopic (exact) mass is 407 g/mol. The number of amides is 1. The molecule has 0 aliphatic carbocycles. The molecule has 30 heavy (non-hydrogen) atoms. The van der Waals surface area contributed by atoms with Crippen molar-refractivity contribution in [1.29, 1.82) is 0 Å². The molecule has 7 nitrogen and oxygen atoms in total. The quantitative estimate of drug-likeness (QED) is 0.584. The molecule has 0 bridgehead atoms. The number of piperidine rings is 1. The van der Waals surface area contributed by atoms with Crippen LogP contribution in [0.5, 0.6) is 0 Å². The van der Waals surface area contributed by atoms with Crippen molar-refractivity contribution >= 4 is 22.8 Å². The fraction of sp³-hybridized carbons (Fsp3) is 0.435. The maximum Gasteiger partial charge on any atom is 0.220 e. The predicted octanol–water partition coefficient (Wildman–Crippen LogP) is 2.66. The number of carbonyl (C=O) groups excluding carboxylic acids is 1. The van der Waals surface area contributed by atoms with Crippen molar-refractivity contribution in [3.05, 3.63) is 53.5 Å². The molecular formula is C23H29N5O2. The standard InChI is InChI=1S/C23H29N5O2/c1-16-12-18-19(13-17(16)2)27-20(26-18)7-8-22(29)25-14-23(30)9-5-11-28(15-23)21-6-3-4-10-24-21/h3-4,6,10,12-13,30H,5,7-9,11,14-15H2,1-2H3,(H,25,29)(H,26,27). The Hall–Kier alpha value is -2.93. The van der Waals surface area contributed by atoms with Gasteiger partial charge in [-0.3, -0.25) is 4.79 Å². The molecule has 4 rings (SSSR count). The third-order valence-electron chi connectivity index (χ3n) is 5.88. The summed E-state index contributed by atoms with van der Waals surface area (Å²) in [5.74, 6) is 1.59. The van der Waals surface area contributed by atoms with Crippen LogP contribution in [0.15, 0.2) is 36.5 Å². The molecule has 0 spiro atoms. The van der Waals surface area contributed by atoms with E-state index >= 15 is 0 Å². The molecule has 3 aromatic rings. The van der Waals surface area contributed by atoms with Gasteiger partial charge in [0.2, 0.25) is 5.91 Å². The Morgan fingerprint density at radius 2 is 2.13 bits per heavy atom. The van der Waals surface area contributed by atoms with Crippen molar-refractivity contribution in [1.82, 2.24) is 20.3 Å². The second-order valence-electron chi connectivity index (χ2n) is 8.35. The molecule has 1 saturated heterocycles. The van der Waals surface area contributed by atoms with Gasteiger partial charge in [0.1, 0.15) is 11.6 Å². The van der Waals surface area contributed by atoms with Gasteiger partial charge in [-0.2, -0.15) is 0 Å². The Labute approximate surface area is 176 Å². The van der Waals surface area contributed by atoms with Crippen LogP contribution in [-0.4, -0.2) is 51.2 Å². The van der Waals surface area contributed by atoms with E-state index in [-0.39, 0.29) is 12.5 Å². The summed E-state index contributed by atoms with van der Waals surface area (Å²) >= 11 is 0. The SMILES string of the molecule is Cc1cc2nc(CCC(=O)NCC3(O)CCCN(c4ccccn4)C3)[nH]c2cc1C. The number of H-pyrrole nitrogens is 1. The van der Waals surface area contributed by atoms with Gasteiger partial charge < -0.3 is 20.3 Å². The highest BCUT2D eigenvalue weighted by atomic mass is 16.3. The maximum absolute atomic E-state index is 12.4. The lowest BCUT2D eigenvalue weighted by molar-refractivity contribution is -0.122. The largest absolute Gasteiger partial charge is 0.386 e. The van der Waals surface area contributed by atoms with Gasteiger partial charge in [-0.15, -0.1) is 0 Å². The van der Waals surface area contributed by atoms with E-state index in [1.54, 1.807) is 6.20 Å². The third-order valence-corrected chi connectivity index (χ3v) is 5.88. The molecule has 2 aromatic heterocycles. The van der Waals surface area contributed by atoms with Crippen LogP contribution in [-0.2, 0) is 11.2 Å². The number of fused-ring (bicyclic) bond motifs is 1. The van der Waals surface area contributed by atoms with Gasteiger partial charge in [0.05, 0.1) is 16.6 Å². The van der Waals surface area contributed by atoms with Crippen molar-refractivity contribution in [3.8, 4) is 0 Å². The number of hydrogen-bond acceptors (Lipinski definition) is 5. The molecule has 1 unspecified atom stereocenters. The van der Waals surface area contributed by atoms with Crippen LogP contribution in [0.1, 0.15) is 36.2 Å². The summed E-state index contributed by atoms with van der Waals surface area (Å²) in [6, 6.07) is 9.92. The van der Waals surface area contributed by atoms with Crippen molar-refractivity contribution in [3.63, 3.8) is 0 Å². The van der Waals surface area contributed by atoms with E-state index in [2.05, 4.69) is 51.1 Å². The first-order valence-corrected chi connectivity index (χ1v) is 10.5. The number of hydrogen-bond donors (Lipinski definition) is 3. The van der Waals surface area contributed by atoms with Crippen LogP contribution in [0.4, 0.5) is 5.82 Å². The number of β-amino-alcohol motifs (C(OH)–C–C–N with tert-alkyl or cyclic N) is 1. The average Bonchev–Trinajstić information content (AvgIpc) is 3.13. The van der Waals surface area contributed by atoms with Crippen LogP contribution in [0.2, 0.25) is 0 Å². The average molecular weight is 408 g/mol. The number of aryl methyl sites for hydroxylation is 3. The zero-order valence-electron chi connectivity index (χ0n) is 17.6. The molecule has 1 aliphatic rings. The second-order valence-corrected chi connectivity index (χ2v) is 8.35. The fourth-order valence-electron chi connectivity index (χ4n) is 4.02. The van der Waals surface area contributed by atoms with Crippen LogP contribution >= 0.6 is 0 Å². The summed E-state index contributed by atoms with van der Waals surface area (Å²) in [5.41, 5.74) is 3.41. The minimum atomic E-state index is -0.945. The Kier molecular flexibility index (Phi) is 5.72. The number of aliphatic hydroxyl groups is 1. The van der Waals surface area contributed by atoms with E-state index in [9.17, 15) is 9.90 Å². The summed E-state index contributed by atoms with van der Waals surface area (Å²) in [4.78, 5) is 26.7. The molecule has 0 saturated carbocycles. The lowest BCUT2D eigenvalue weighted by Crippen LogP contribution is -2.54. The van der Waals surface area contributed by atoms with E-state index < -0.39 is 5.60 Å². The molecule has 1 amide bonds. The Bertz CT molecular complexity index is 994. The van der Waals surface area contributed by atoms with Gasteiger partial charge in [0, 0.05) is 38.7 Å². The minimum absolute atomic E-state index is 0.0776. The summed E-state index contributed by atoms with van der Waals surface area (Å²) in [5, 5.41) is 13.9. The molecule has 1 aliphatic heterocycles. The summed E-state index contributed by atoms with van der Waals surface area (Å²) in [6.45, 7) is 5.72. The topological polar surface area (TPSA) is 94.1 Å². The molecule has 7 heteroatoms. The first-order chi connectivity index (χ1) is 14.4. The van der Waals surface area contributed by atoms with Crippen LogP contribution in [0.3, 0.4) is 0 Å². The molecule has 1 aromatic carbocycles. The van der Waals surface area contributed by atoms with Gasteiger partial charge in [-0.1, -0.05) is 6.07 Å². The molecule has 1 atom stereocenters. The number of benzene rings is 1. The van der Waals surface area contributed by atoms with E-state index in [0.717, 1.165) is 35.6 Å². The highest BCUT2D eigenvalue weighted by Gasteiger charge is 2.34. The zero-order chi connectivity index (χ0) is 21.1. The third kappa shape index (κ3) is 4.62. The highest BCUT2D eigenvalue weighted by molar-refractivity contribution is 5.78. The number of imidazole rings is 1. The minimum Gasteiger partial charge on any atom is -0.386 e. The number of anilines is 1. The first kappa shape index (κ1) is 20.3. The number of aromatic amines is 1. The number of rotatable bonds is 6.